The molecule has 1 atom stereocenters. The number of hydrogen-bond donors (Lipinski definition) is 1. The number of rotatable bonds is 9. The van der Waals surface area contributed by atoms with E-state index in [0.29, 0.717) is 0 Å². The third kappa shape index (κ3) is 6.40. The fourth-order valence-electron chi connectivity index (χ4n) is 2.09. The van der Waals surface area contributed by atoms with Crippen molar-refractivity contribution in [3.63, 3.8) is 0 Å². The minimum Gasteiger partial charge on any atom is -0.391 e. The van der Waals surface area contributed by atoms with Crippen LogP contribution in [0, 0.1) is 13.8 Å². The molecular formula is C18H22O7S2. The minimum atomic E-state index is -3.99. The summed E-state index contributed by atoms with van der Waals surface area (Å²) in [5.74, 6) is 0. The van der Waals surface area contributed by atoms with Gasteiger partial charge >= 0.3 is 0 Å². The highest BCUT2D eigenvalue weighted by Gasteiger charge is 2.19. The average Bonchev–Trinajstić information content (AvgIpc) is 2.61. The molecule has 0 spiro atoms. The van der Waals surface area contributed by atoms with Gasteiger partial charge in [-0.15, -0.1) is 0 Å². The van der Waals surface area contributed by atoms with Gasteiger partial charge in [0.2, 0.25) is 0 Å². The lowest BCUT2D eigenvalue weighted by atomic mass is 10.2. The Labute approximate surface area is 159 Å². The van der Waals surface area contributed by atoms with Crippen molar-refractivity contribution in [1.82, 2.24) is 0 Å². The Bertz CT molecular complexity index is 948. The lowest BCUT2D eigenvalue weighted by Gasteiger charge is -2.12. The van der Waals surface area contributed by atoms with E-state index >= 15 is 0 Å². The molecule has 0 radical (unpaired) electrons. The van der Waals surface area contributed by atoms with Crippen molar-refractivity contribution in [1.29, 1.82) is 0 Å². The molecule has 0 saturated carbocycles. The standard InChI is InChI=1S/C18H22O7S2/c1-14-3-7-17(8-4-14)26(20,21)24-12-11-16(19)13-25-27(22,23)18-9-5-15(2)6-10-18/h3-10,16,19H,11-13H2,1-2H3/t16-/m0/s1. The first-order valence-corrected chi connectivity index (χ1v) is 11.0. The molecule has 2 aromatic carbocycles. The van der Waals surface area contributed by atoms with Crippen molar-refractivity contribution in [2.24, 2.45) is 0 Å². The second-order valence-corrected chi connectivity index (χ2v) is 9.31. The van der Waals surface area contributed by atoms with Crippen molar-refractivity contribution >= 4 is 20.2 Å². The summed E-state index contributed by atoms with van der Waals surface area (Å²) in [7, 11) is -7.92. The molecule has 0 heterocycles. The summed E-state index contributed by atoms with van der Waals surface area (Å²) in [6.45, 7) is 2.86. The zero-order chi connectivity index (χ0) is 20.1. The number of benzene rings is 2. The molecule has 0 amide bonds. The van der Waals surface area contributed by atoms with E-state index in [4.69, 9.17) is 8.37 Å². The molecule has 0 aliphatic heterocycles. The maximum absolute atomic E-state index is 12.0. The first-order valence-electron chi connectivity index (χ1n) is 8.20. The lowest BCUT2D eigenvalue weighted by molar-refractivity contribution is 0.0892. The topological polar surface area (TPSA) is 107 Å². The van der Waals surface area contributed by atoms with Gasteiger partial charge in [0, 0.05) is 6.42 Å². The smallest absolute Gasteiger partial charge is 0.297 e. The molecule has 2 aromatic rings. The fraction of sp³-hybridized carbons (Fsp3) is 0.333. The average molecular weight is 415 g/mol. The zero-order valence-corrected chi connectivity index (χ0v) is 16.7. The lowest BCUT2D eigenvalue weighted by Crippen LogP contribution is -2.21. The van der Waals surface area contributed by atoms with Gasteiger partial charge in [-0.1, -0.05) is 35.4 Å². The van der Waals surface area contributed by atoms with Gasteiger partial charge in [0.05, 0.1) is 29.1 Å². The predicted octanol–water partition coefficient (Wildman–Crippen LogP) is 2.17. The van der Waals surface area contributed by atoms with Crippen LogP contribution in [-0.2, 0) is 28.6 Å². The summed E-state index contributed by atoms with van der Waals surface area (Å²) in [5, 5.41) is 9.84. The van der Waals surface area contributed by atoms with Crippen LogP contribution in [0.25, 0.3) is 0 Å². The molecule has 1 N–H and O–H groups in total. The number of aliphatic hydroxyl groups excluding tert-OH is 1. The molecule has 9 heteroatoms. The van der Waals surface area contributed by atoms with Crippen LogP contribution in [0.5, 0.6) is 0 Å². The van der Waals surface area contributed by atoms with Crippen LogP contribution in [-0.4, -0.2) is 41.3 Å². The van der Waals surface area contributed by atoms with E-state index in [9.17, 15) is 21.9 Å². The molecule has 0 bridgehead atoms. The Morgan fingerprint density at radius 3 is 1.63 bits per heavy atom. The predicted molar refractivity (Wildman–Crippen MR) is 99.3 cm³/mol. The summed E-state index contributed by atoms with van der Waals surface area (Å²) in [6, 6.07) is 12.2. The van der Waals surface area contributed by atoms with Gasteiger partial charge in [-0.3, -0.25) is 8.37 Å². The largest absolute Gasteiger partial charge is 0.391 e. The quantitative estimate of drug-likeness (QED) is 0.627. The molecule has 148 valence electrons. The van der Waals surface area contributed by atoms with Crippen LogP contribution >= 0.6 is 0 Å². The van der Waals surface area contributed by atoms with Gasteiger partial charge in [-0.2, -0.15) is 16.8 Å². The third-order valence-electron chi connectivity index (χ3n) is 3.72. The molecule has 0 unspecified atom stereocenters. The minimum absolute atomic E-state index is 0.0146. The Balaban J connectivity index is 1.83. The highest BCUT2D eigenvalue weighted by Crippen LogP contribution is 2.15. The first-order chi connectivity index (χ1) is 12.6. The number of aryl methyl sites for hydroxylation is 2. The van der Waals surface area contributed by atoms with Gasteiger partial charge in [0.15, 0.2) is 0 Å². The molecule has 2 rings (SSSR count). The van der Waals surface area contributed by atoms with Crippen molar-refractivity contribution in [2.75, 3.05) is 13.2 Å². The molecule has 0 aromatic heterocycles. The van der Waals surface area contributed by atoms with E-state index < -0.39 is 32.9 Å². The van der Waals surface area contributed by atoms with E-state index in [1.54, 1.807) is 24.3 Å². The Hall–Kier alpha value is -1.78. The molecule has 27 heavy (non-hydrogen) atoms. The molecule has 0 aliphatic rings. The second-order valence-electron chi connectivity index (χ2n) is 6.08. The number of aliphatic hydroxyl groups is 1. The third-order valence-corrected chi connectivity index (χ3v) is 6.35. The van der Waals surface area contributed by atoms with E-state index in [2.05, 4.69) is 0 Å². The molecule has 0 aliphatic carbocycles. The Morgan fingerprint density at radius 1 is 0.778 bits per heavy atom. The second kappa shape index (κ2) is 8.94. The van der Waals surface area contributed by atoms with Gasteiger partial charge in [0.1, 0.15) is 0 Å². The molecule has 0 fully saturated rings. The van der Waals surface area contributed by atoms with Crippen LogP contribution in [0.1, 0.15) is 17.5 Å². The summed E-state index contributed by atoms with van der Waals surface area (Å²) < 4.78 is 57.8. The van der Waals surface area contributed by atoms with Crippen LogP contribution in [0.4, 0.5) is 0 Å². The first kappa shape index (κ1) is 21.5. The van der Waals surface area contributed by atoms with Gasteiger partial charge in [0.25, 0.3) is 20.2 Å². The van der Waals surface area contributed by atoms with Gasteiger partial charge < -0.3 is 5.11 Å². The van der Waals surface area contributed by atoms with E-state index in [-0.39, 0.29) is 22.8 Å². The monoisotopic (exact) mass is 414 g/mol. The van der Waals surface area contributed by atoms with Crippen molar-refractivity contribution in [3.8, 4) is 0 Å². The Morgan fingerprint density at radius 2 is 1.19 bits per heavy atom. The van der Waals surface area contributed by atoms with Crippen LogP contribution in [0.3, 0.4) is 0 Å². The highest BCUT2D eigenvalue weighted by atomic mass is 32.2. The number of hydrogen-bond acceptors (Lipinski definition) is 7. The maximum atomic E-state index is 12.0. The van der Waals surface area contributed by atoms with Crippen molar-refractivity contribution in [2.45, 2.75) is 36.2 Å². The fourth-order valence-corrected chi connectivity index (χ4v) is 3.95. The molecular weight excluding hydrogens is 392 g/mol. The summed E-state index contributed by atoms with van der Waals surface area (Å²) in [4.78, 5) is -0.000660. The van der Waals surface area contributed by atoms with Crippen molar-refractivity contribution in [3.05, 3.63) is 59.7 Å². The zero-order valence-electron chi connectivity index (χ0n) is 15.0. The van der Waals surface area contributed by atoms with Crippen molar-refractivity contribution < 1.29 is 30.3 Å². The van der Waals surface area contributed by atoms with E-state index in [1.165, 1.54) is 24.3 Å². The maximum Gasteiger partial charge on any atom is 0.297 e. The summed E-state index contributed by atoms with van der Waals surface area (Å²) in [5.41, 5.74) is 1.82. The summed E-state index contributed by atoms with van der Waals surface area (Å²) in [6.07, 6.45) is -1.30. The van der Waals surface area contributed by atoms with E-state index in [1.807, 2.05) is 13.8 Å². The highest BCUT2D eigenvalue weighted by molar-refractivity contribution is 7.87. The molecule has 0 saturated heterocycles. The molecule has 7 nitrogen and oxygen atoms in total. The Kier molecular flexibility index (Phi) is 7.12. The normalized spacial score (nSPS) is 13.4. The SMILES string of the molecule is Cc1ccc(S(=O)(=O)OCC[C@H](O)COS(=O)(=O)c2ccc(C)cc2)cc1. The van der Waals surface area contributed by atoms with Gasteiger partial charge in [-0.05, 0) is 38.1 Å². The van der Waals surface area contributed by atoms with Gasteiger partial charge in [-0.25, -0.2) is 0 Å². The summed E-state index contributed by atoms with van der Waals surface area (Å²) >= 11 is 0. The van der Waals surface area contributed by atoms with Crippen LogP contribution in [0.2, 0.25) is 0 Å². The van der Waals surface area contributed by atoms with Crippen LogP contribution < -0.4 is 0 Å². The van der Waals surface area contributed by atoms with E-state index in [0.717, 1.165) is 11.1 Å². The van der Waals surface area contributed by atoms with Crippen LogP contribution in [0.15, 0.2) is 58.3 Å².